The van der Waals surface area contributed by atoms with Gasteiger partial charge in [-0.1, -0.05) is 39.8 Å². The molecule has 1 aromatic carbocycles. The van der Waals surface area contributed by atoms with Crippen molar-refractivity contribution in [1.82, 2.24) is 0 Å². The molecule has 0 aromatic heterocycles. The van der Waals surface area contributed by atoms with Crippen molar-refractivity contribution in [3.63, 3.8) is 0 Å². The topological polar surface area (TPSA) is 18.5 Å². The predicted molar refractivity (Wildman–Crippen MR) is 78.5 cm³/mol. The molecule has 0 aliphatic carbocycles. The molecule has 0 saturated carbocycles. The Morgan fingerprint density at radius 1 is 1.21 bits per heavy atom. The lowest BCUT2D eigenvalue weighted by molar-refractivity contribution is -0.172. The smallest absolute Gasteiger partial charge is 0.119 e. The molecule has 0 bridgehead atoms. The van der Waals surface area contributed by atoms with Gasteiger partial charge in [-0.3, -0.25) is 0 Å². The van der Waals surface area contributed by atoms with Gasteiger partial charge in [-0.2, -0.15) is 0 Å². The molecule has 0 amide bonds. The van der Waals surface area contributed by atoms with Gasteiger partial charge in [-0.05, 0) is 37.0 Å². The lowest BCUT2D eigenvalue weighted by Crippen LogP contribution is -2.40. The van der Waals surface area contributed by atoms with E-state index in [2.05, 4.69) is 58.9 Å². The summed E-state index contributed by atoms with van der Waals surface area (Å²) in [5, 5.41) is 0. The van der Waals surface area contributed by atoms with E-state index >= 15 is 0 Å². The molecule has 2 rings (SSSR count). The molecule has 0 spiro atoms. The van der Waals surface area contributed by atoms with Gasteiger partial charge >= 0.3 is 0 Å². The Morgan fingerprint density at radius 3 is 2.26 bits per heavy atom. The molecule has 0 radical (unpaired) electrons. The molecule has 1 aromatic rings. The van der Waals surface area contributed by atoms with Crippen LogP contribution in [0.15, 0.2) is 24.3 Å². The van der Waals surface area contributed by atoms with E-state index in [1.54, 1.807) is 0 Å². The third-order valence-corrected chi connectivity index (χ3v) is 3.66. The van der Waals surface area contributed by atoms with Crippen molar-refractivity contribution in [2.75, 3.05) is 6.61 Å². The molecule has 1 aliphatic heterocycles. The highest BCUT2D eigenvalue weighted by atomic mass is 16.5. The van der Waals surface area contributed by atoms with E-state index in [0.717, 1.165) is 18.8 Å². The zero-order chi connectivity index (χ0) is 14.0. The molecule has 0 N–H and O–H groups in total. The molecule has 19 heavy (non-hydrogen) atoms. The maximum Gasteiger partial charge on any atom is 0.119 e. The van der Waals surface area contributed by atoms with Gasteiger partial charge in [0.15, 0.2) is 0 Å². The maximum absolute atomic E-state index is 5.92. The van der Waals surface area contributed by atoms with Crippen LogP contribution in [0.5, 0.6) is 5.75 Å². The van der Waals surface area contributed by atoms with Crippen molar-refractivity contribution in [3.05, 3.63) is 29.8 Å². The fraction of sp³-hybridized carbons (Fsp3) is 0.647. The summed E-state index contributed by atoms with van der Waals surface area (Å²) in [5.74, 6) is 1.62. The van der Waals surface area contributed by atoms with E-state index in [-0.39, 0.29) is 17.6 Å². The van der Waals surface area contributed by atoms with Crippen LogP contribution in [0.2, 0.25) is 0 Å². The summed E-state index contributed by atoms with van der Waals surface area (Å²) < 4.78 is 11.6. The Bertz CT molecular complexity index is 406. The quantitative estimate of drug-likeness (QED) is 0.772. The number of rotatable bonds is 5. The summed E-state index contributed by atoms with van der Waals surface area (Å²) in [6.07, 6.45) is 1.58. The first kappa shape index (κ1) is 14.4. The van der Waals surface area contributed by atoms with Gasteiger partial charge in [0.05, 0.1) is 18.8 Å². The molecular weight excluding hydrogens is 236 g/mol. The predicted octanol–water partition coefficient (Wildman–Crippen LogP) is 4.60. The highest BCUT2D eigenvalue weighted by Crippen LogP contribution is 2.45. The Labute approximate surface area is 117 Å². The zero-order valence-corrected chi connectivity index (χ0v) is 12.8. The van der Waals surface area contributed by atoms with E-state index in [0.29, 0.717) is 5.92 Å². The molecule has 2 atom stereocenters. The summed E-state index contributed by atoms with van der Waals surface area (Å²) >= 11 is 0. The lowest BCUT2D eigenvalue weighted by Gasteiger charge is -2.44. The monoisotopic (exact) mass is 262 g/mol. The van der Waals surface area contributed by atoms with Gasteiger partial charge in [0.1, 0.15) is 5.75 Å². The standard InChI is InChI=1S/C17H26O2/c1-12(2)10-13(3)19-15-8-6-14(7-9-15)16-17(4,5)11-18-16/h6-9,12-13,16H,10-11H2,1-5H3. The van der Waals surface area contributed by atoms with E-state index in [9.17, 15) is 0 Å². The van der Waals surface area contributed by atoms with Crippen LogP contribution in [-0.2, 0) is 4.74 Å². The van der Waals surface area contributed by atoms with Crippen LogP contribution in [-0.4, -0.2) is 12.7 Å². The Hall–Kier alpha value is -1.02. The molecule has 2 unspecified atom stereocenters. The fourth-order valence-corrected chi connectivity index (χ4v) is 2.71. The number of hydrogen-bond acceptors (Lipinski definition) is 2. The number of benzene rings is 1. The summed E-state index contributed by atoms with van der Waals surface area (Å²) in [4.78, 5) is 0. The lowest BCUT2D eigenvalue weighted by atomic mass is 9.79. The summed E-state index contributed by atoms with van der Waals surface area (Å²) in [7, 11) is 0. The number of ether oxygens (including phenoxy) is 2. The normalized spacial score (nSPS) is 22.9. The molecule has 2 nitrogen and oxygen atoms in total. The van der Waals surface area contributed by atoms with Gasteiger partial charge in [0.2, 0.25) is 0 Å². The SMILES string of the molecule is CC(C)CC(C)Oc1ccc(C2OCC2(C)C)cc1. The van der Waals surface area contributed by atoms with E-state index in [4.69, 9.17) is 9.47 Å². The van der Waals surface area contributed by atoms with Gasteiger partial charge in [-0.15, -0.1) is 0 Å². The Kier molecular flexibility index (Phi) is 4.19. The summed E-state index contributed by atoms with van der Waals surface area (Å²) in [6, 6.07) is 8.37. The maximum atomic E-state index is 5.92. The van der Waals surface area contributed by atoms with Crippen LogP contribution in [0.4, 0.5) is 0 Å². The summed E-state index contributed by atoms with van der Waals surface area (Å²) in [5.41, 5.74) is 1.51. The molecule has 106 valence electrons. The minimum atomic E-state index is 0.231. The molecule has 1 aliphatic rings. The summed E-state index contributed by atoms with van der Waals surface area (Å²) in [6.45, 7) is 11.9. The van der Waals surface area contributed by atoms with E-state index < -0.39 is 0 Å². The van der Waals surface area contributed by atoms with Crippen molar-refractivity contribution >= 4 is 0 Å². The second-order valence-corrected chi connectivity index (χ2v) is 6.81. The van der Waals surface area contributed by atoms with Crippen LogP contribution < -0.4 is 4.74 Å². The van der Waals surface area contributed by atoms with Gasteiger partial charge in [0.25, 0.3) is 0 Å². The molecule has 1 saturated heterocycles. The van der Waals surface area contributed by atoms with Gasteiger partial charge in [-0.25, -0.2) is 0 Å². The van der Waals surface area contributed by atoms with Crippen molar-refractivity contribution in [1.29, 1.82) is 0 Å². The van der Waals surface area contributed by atoms with Crippen LogP contribution in [0.25, 0.3) is 0 Å². The molecule has 2 heteroatoms. The average molecular weight is 262 g/mol. The fourth-order valence-electron chi connectivity index (χ4n) is 2.71. The van der Waals surface area contributed by atoms with Crippen molar-refractivity contribution < 1.29 is 9.47 Å². The molecule has 1 heterocycles. The highest BCUT2D eigenvalue weighted by Gasteiger charge is 2.40. The first-order chi connectivity index (χ1) is 8.88. The second kappa shape index (κ2) is 5.54. The van der Waals surface area contributed by atoms with Crippen molar-refractivity contribution in [2.45, 2.75) is 53.2 Å². The third-order valence-electron chi connectivity index (χ3n) is 3.66. The third kappa shape index (κ3) is 3.50. The first-order valence-corrected chi connectivity index (χ1v) is 7.27. The molecular formula is C17H26O2. The van der Waals surface area contributed by atoms with E-state index in [1.165, 1.54) is 5.56 Å². The Balaban J connectivity index is 1.95. The van der Waals surface area contributed by atoms with Crippen LogP contribution in [0.3, 0.4) is 0 Å². The first-order valence-electron chi connectivity index (χ1n) is 7.27. The number of hydrogen-bond donors (Lipinski definition) is 0. The minimum absolute atomic E-state index is 0.231. The van der Waals surface area contributed by atoms with Crippen LogP contribution in [0, 0.1) is 11.3 Å². The van der Waals surface area contributed by atoms with Crippen LogP contribution in [0.1, 0.15) is 52.7 Å². The largest absolute Gasteiger partial charge is 0.491 e. The van der Waals surface area contributed by atoms with Crippen LogP contribution >= 0.6 is 0 Å². The van der Waals surface area contributed by atoms with Crippen molar-refractivity contribution in [3.8, 4) is 5.75 Å². The zero-order valence-electron chi connectivity index (χ0n) is 12.8. The molecule has 1 fully saturated rings. The Morgan fingerprint density at radius 2 is 1.84 bits per heavy atom. The van der Waals surface area contributed by atoms with Gasteiger partial charge in [0, 0.05) is 5.41 Å². The highest BCUT2D eigenvalue weighted by molar-refractivity contribution is 5.30. The van der Waals surface area contributed by atoms with Crippen molar-refractivity contribution in [2.24, 2.45) is 11.3 Å². The van der Waals surface area contributed by atoms with E-state index in [1.807, 2.05) is 0 Å². The second-order valence-electron chi connectivity index (χ2n) is 6.81. The average Bonchev–Trinajstić information content (AvgIpc) is 2.29. The van der Waals surface area contributed by atoms with Gasteiger partial charge < -0.3 is 9.47 Å². The minimum Gasteiger partial charge on any atom is -0.491 e.